The topological polar surface area (TPSA) is 84.9 Å². The van der Waals surface area contributed by atoms with E-state index in [1.807, 2.05) is 30.3 Å². The summed E-state index contributed by atoms with van der Waals surface area (Å²) in [5.74, 6) is 1.47. The highest BCUT2D eigenvalue weighted by atomic mass is 32.2. The van der Waals surface area contributed by atoms with Crippen molar-refractivity contribution in [3.8, 4) is 11.5 Å². The molecule has 0 spiro atoms. The van der Waals surface area contributed by atoms with Crippen molar-refractivity contribution >= 4 is 21.6 Å². The van der Waals surface area contributed by atoms with Gasteiger partial charge in [0.05, 0.1) is 18.0 Å². The van der Waals surface area contributed by atoms with Crippen molar-refractivity contribution in [2.75, 3.05) is 30.3 Å². The van der Waals surface area contributed by atoms with E-state index in [1.165, 1.54) is 4.31 Å². The average Bonchev–Trinajstić information content (AvgIpc) is 2.75. The third kappa shape index (κ3) is 6.63. The standard InChI is InChI=1S/C24H32N2O5S/c1-18(2)16-21(19-8-5-4-6-9-19)25-24(27)10-7-13-26(32(3,28)29)20-11-12-22-23(17-20)31-15-14-30-22/h4-6,8-9,11-12,17-18,21H,7,10,13-16H2,1-3H3,(H,25,27)/t21-/m0/s1. The Kier molecular flexibility index (Phi) is 8.01. The molecule has 174 valence electrons. The fourth-order valence-corrected chi connectivity index (χ4v) is 4.72. The molecule has 1 heterocycles. The highest BCUT2D eigenvalue weighted by Crippen LogP contribution is 2.34. The lowest BCUT2D eigenvalue weighted by molar-refractivity contribution is -0.122. The number of amides is 1. The summed E-state index contributed by atoms with van der Waals surface area (Å²) in [6.45, 7) is 5.34. The van der Waals surface area contributed by atoms with Crippen LogP contribution in [-0.4, -0.2) is 40.3 Å². The van der Waals surface area contributed by atoms with E-state index in [1.54, 1.807) is 18.2 Å². The second-order valence-electron chi connectivity index (χ2n) is 8.43. The van der Waals surface area contributed by atoms with Gasteiger partial charge in [-0.15, -0.1) is 0 Å². The Morgan fingerprint density at radius 1 is 1.06 bits per heavy atom. The minimum absolute atomic E-state index is 0.0625. The monoisotopic (exact) mass is 460 g/mol. The summed E-state index contributed by atoms with van der Waals surface area (Å²) in [5, 5.41) is 3.11. The minimum Gasteiger partial charge on any atom is -0.486 e. The predicted molar refractivity (Wildman–Crippen MR) is 126 cm³/mol. The highest BCUT2D eigenvalue weighted by molar-refractivity contribution is 7.92. The van der Waals surface area contributed by atoms with E-state index in [-0.39, 0.29) is 24.9 Å². The fourth-order valence-electron chi connectivity index (χ4n) is 3.76. The number of ether oxygens (including phenoxy) is 2. The Morgan fingerprint density at radius 2 is 1.75 bits per heavy atom. The van der Waals surface area contributed by atoms with Gasteiger partial charge in [0, 0.05) is 19.0 Å². The zero-order valence-corrected chi connectivity index (χ0v) is 19.7. The molecule has 7 nitrogen and oxygen atoms in total. The van der Waals surface area contributed by atoms with Crippen LogP contribution in [0.5, 0.6) is 11.5 Å². The van der Waals surface area contributed by atoms with Crippen molar-refractivity contribution in [2.24, 2.45) is 5.92 Å². The van der Waals surface area contributed by atoms with Crippen molar-refractivity contribution in [2.45, 2.75) is 39.2 Å². The number of benzene rings is 2. The summed E-state index contributed by atoms with van der Waals surface area (Å²) >= 11 is 0. The summed E-state index contributed by atoms with van der Waals surface area (Å²) < 4.78 is 37.2. The first-order valence-electron chi connectivity index (χ1n) is 11.0. The van der Waals surface area contributed by atoms with Crippen molar-refractivity contribution < 1.29 is 22.7 Å². The Hall–Kier alpha value is -2.74. The lowest BCUT2D eigenvalue weighted by atomic mass is 9.97. The van der Waals surface area contributed by atoms with Crippen LogP contribution in [0.3, 0.4) is 0 Å². The molecule has 0 bridgehead atoms. The molecular formula is C24H32N2O5S. The molecule has 0 aromatic heterocycles. The molecule has 1 atom stereocenters. The van der Waals surface area contributed by atoms with Crippen LogP contribution >= 0.6 is 0 Å². The smallest absolute Gasteiger partial charge is 0.232 e. The van der Waals surface area contributed by atoms with E-state index >= 15 is 0 Å². The first-order chi connectivity index (χ1) is 15.2. The molecule has 1 aliphatic rings. The van der Waals surface area contributed by atoms with Crippen LogP contribution in [0.4, 0.5) is 5.69 Å². The molecule has 2 aromatic rings. The van der Waals surface area contributed by atoms with Gasteiger partial charge in [0.15, 0.2) is 11.5 Å². The van der Waals surface area contributed by atoms with Gasteiger partial charge < -0.3 is 14.8 Å². The number of fused-ring (bicyclic) bond motifs is 1. The molecule has 8 heteroatoms. The summed E-state index contributed by atoms with van der Waals surface area (Å²) in [5.41, 5.74) is 1.57. The third-order valence-corrected chi connectivity index (χ3v) is 6.42. The van der Waals surface area contributed by atoms with Crippen LogP contribution in [0.2, 0.25) is 0 Å². The summed E-state index contributed by atoms with van der Waals surface area (Å²) in [6, 6.07) is 14.9. The summed E-state index contributed by atoms with van der Waals surface area (Å²) in [7, 11) is -3.52. The van der Waals surface area contributed by atoms with E-state index in [2.05, 4.69) is 19.2 Å². The van der Waals surface area contributed by atoms with Crippen LogP contribution < -0.4 is 19.1 Å². The fraction of sp³-hybridized carbons (Fsp3) is 0.458. The van der Waals surface area contributed by atoms with E-state index in [4.69, 9.17) is 9.47 Å². The van der Waals surface area contributed by atoms with Crippen LogP contribution in [0.1, 0.15) is 44.7 Å². The molecular weight excluding hydrogens is 428 g/mol. The quantitative estimate of drug-likeness (QED) is 0.581. The number of carbonyl (C=O) groups excluding carboxylic acids is 1. The number of anilines is 1. The van der Waals surface area contributed by atoms with E-state index in [0.717, 1.165) is 18.2 Å². The van der Waals surface area contributed by atoms with Crippen LogP contribution in [0.15, 0.2) is 48.5 Å². The Labute approximate surface area is 190 Å². The molecule has 0 saturated carbocycles. The minimum atomic E-state index is -3.52. The maximum absolute atomic E-state index is 12.7. The van der Waals surface area contributed by atoms with Crippen LogP contribution in [0, 0.1) is 5.92 Å². The molecule has 0 radical (unpaired) electrons. The maximum Gasteiger partial charge on any atom is 0.232 e. The van der Waals surface area contributed by atoms with Crippen molar-refractivity contribution in [3.63, 3.8) is 0 Å². The van der Waals surface area contributed by atoms with Crippen LogP contribution in [-0.2, 0) is 14.8 Å². The largest absolute Gasteiger partial charge is 0.486 e. The second kappa shape index (κ2) is 10.7. The molecule has 32 heavy (non-hydrogen) atoms. The molecule has 0 aliphatic carbocycles. The van der Waals surface area contributed by atoms with Gasteiger partial charge in [0.1, 0.15) is 13.2 Å². The number of sulfonamides is 1. The van der Waals surface area contributed by atoms with Gasteiger partial charge in [0.25, 0.3) is 0 Å². The lowest BCUT2D eigenvalue weighted by Gasteiger charge is -2.25. The lowest BCUT2D eigenvalue weighted by Crippen LogP contribution is -2.33. The zero-order chi connectivity index (χ0) is 23.1. The predicted octanol–water partition coefficient (Wildman–Crippen LogP) is 3.91. The number of nitrogens with zero attached hydrogens (tertiary/aromatic N) is 1. The van der Waals surface area contributed by atoms with Crippen molar-refractivity contribution in [1.29, 1.82) is 0 Å². The van der Waals surface area contributed by atoms with Gasteiger partial charge in [0.2, 0.25) is 15.9 Å². The SMILES string of the molecule is CC(C)C[C@H](NC(=O)CCCN(c1ccc2c(c1)OCCO2)S(C)(=O)=O)c1ccccc1. The number of hydrogen-bond acceptors (Lipinski definition) is 5. The van der Waals surface area contributed by atoms with Gasteiger partial charge in [-0.1, -0.05) is 44.2 Å². The number of rotatable bonds is 10. The number of nitrogens with one attached hydrogen (secondary N) is 1. The van der Waals surface area contributed by atoms with Gasteiger partial charge >= 0.3 is 0 Å². The van der Waals surface area contributed by atoms with Crippen LogP contribution in [0.25, 0.3) is 0 Å². The first kappa shape index (κ1) is 23.9. The normalized spacial score (nSPS) is 14.1. The van der Waals surface area contributed by atoms with E-state index in [9.17, 15) is 13.2 Å². The van der Waals surface area contributed by atoms with Gasteiger partial charge in [-0.05, 0) is 36.5 Å². The zero-order valence-electron chi connectivity index (χ0n) is 18.9. The molecule has 0 unspecified atom stereocenters. The Morgan fingerprint density at radius 3 is 2.41 bits per heavy atom. The van der Waals surface area contributed by atoms with Crippen molar-refractivity contribution in [1.82, 2.24) is 5.32 Å². The number of hydrogen-bond donors (Lipinski definition) is 1. The molecule has 3 rings (SSSR count). The summed E-state index contributed by atoms with van der Waals surface area (Å²) in [6.07, 6.45) is 2.63. The molecule has 0 saturated heterocycles. The van der Waals surface area contributed by atoms with Gasteiger partial charge in [-0.25, -0.2) is 8.42 Å². The van der Waals surface area contributed by atoms with E-state index < -0.39 is 10.0 Å². The van der Waals surface area contributed by atoms with Crippen molar-refractivity contribution in [3.05, 3.63) is 54.1 Å². The molecule has 1 N–H and O–H groups in total. The Balaban J connectivity index is 1.62. The molecule has 2 aromatic carbocycles. The Bertz CT molecular complexity index is 1010. The maximum atomic E-state index is 12.7. The molecule has 0 fully saturated rings. The average molecular weight is 461 g/mol. The second-order valence-corrected chi connectivity index (χ2v) is 10.3. The van der Waals surface area contributed by atoms with E-state index in [0.29, 0.717) is 42.7 Å². The third-order valence-electron chi connectivity index (χ3n) is 5.22. The first-order valence-corrected chi connectivity index (χ1v) is 12.8. The number of carbonyl (C=O) groups is 1. The molecule has 1 aliphatic heterocycles. The highest BCUT2D eigenvalue weighted by Gasteiger charge is 2.22. The van der Waals surface area contributed by atoms with Gasteiger partial charge in [-0.3, -0.25) is 9.10 Å². The summed E-state index contributed by atoms with van der Waals surface area (Å²) in [4.78, 5) is 12.7. The van der Waals surface area contributed by atoms with Gasteiger partial charge in [-0.2, -0.15) is 0 Å². The molecule has 1 amide bonds.